The molecule has 1 rings (SSSR count). The molecule has 0 radical (unpaired) electrons. The van der Waals surface area contributed by atoms with Crippen molar-refractivity contribution in [2.45, 2.75) is 19.4 Å². The van der Waals surface area contributed by atoms with Crippen LogP contribution in [0.4, 0.5) is 0 Å². The summed E-state index contributed by atoms with van der Waals surface area (Å²) < 4.78 is 24.4. The number of hydrogen-bond acceptors (Lipinski definition) is 4. The minimum absolute atomic E-state index is 0.104. The summed E-state index contributed by atoms with van der Waals surface area (Å²) in [6.45, 7) is 2.79. The number of rotatable bonds is 2. The normalized spacial score (nSPS) is 29.8. The van der Waals surface area contributed by atoms with Crippen molar-refractivity contribution in [3.8, 4) is 6.07 Å². The molecule has 0 aromatic heterocycles. The van der Waals surface area contributed by atoms with Crippen LogP contribution in [0.2, 0.25) is 0 Å². The number of hydrogen-bond donors (Lipinski definition) is 1. The number of piperidine rings is 1. The Labute approximate surface area is 84.5 Å². The van der Waals surface area contributed by atoms with E-state index in [0.29, 0.717) is 13.1 Å². The first-order chi connectivity index (χ1) is 6.45. The summed E-state index contributed by atoms with van der Waals surface area (Å²) in [7, 11) is -3.41. The molecule has 2 N–H and O–H groups in total. The number of nitrogens with two attached hydrogens (primary N) is 1. The quantitative estimate of drug-likeness (QED) is 0.676. The first-order valence-corrected chi connectivity index (χ1v) is 6.17. The Balaban J connectivity index is 2.74. The van der Waals surface area contributed by atoms with Gasteiger partial charge in [0.2, 0.25) is 10.0 Å². The van der Waals surface area contributed by atoms with E-state index in [9.17, 15) is 8.42 Å². The van der Waals surface area contributed by atoms with Crippen LogP contribution in [0.15, 0.2) is 0 Å². The van der Waals surface area contributed by atoms with E-state index in [1.807, 2.05) is 6.92 Å². The van der Waals surface area contributed by atoms with Gasteiger partial charge < -0.3 is 5.73 Å². The molecule has 2 unspecified atom stereocenters. The van der Waals surface area contributed by atoms with Gasteiger partial charge in [-0.05, 0) is 12.3 Å². The fourth-order valence-corrected chi connectivity index (χ4v) is 3.00. The summed E-state index contributed by atoms with van der Waals surface area (Å²) >= 11 is 0. The summed E-state index contributed by atoms with van der Waals surface area (Å²) in [5.74, 6) is -0.181. The average molecular weight is 217 g/mol. The molecule has 1 fully saturated rings. The fraction of sp³-hybridized carbons (Fsp3) is 0.875. The molecule has 0 bridgehead atoms. The lowest BCUT2D eigenvalue weighted by atomic mass is 9.99. The third kappa shape index (κ3) is 2.67. The van der Waals surface area contributed by atoms with E-state index in [-0.39, 0.29) is 12.0 Å². The maximum absolute atomic E-state index is 11.5. The van der Waals surface area contributed by atoms with Crippen molar-refractivity contribution in [2.75, 3.05) is 18.8 Å². The first kappa shape index (κ1) is 11.4. The van der Waals surface area contributed by atoms with Crippen molar-refractivity contribution in [3.05, 3.63) is 0 Å². The molecule has 1 heterocycles. The fourth-order valence-electron chi connectivity index (χ4n) is 1.75. The Hall–Kier alpha value is -0.640. The molecule has 14 heavy (non-hydrogen) atoms. The van der Waals surface area contributed by atoms with E-state index in [2.05, 4.69) is 0 Å². The Morgan fingerprint density at radius 2 is 2.21 bits per heavy atom. The predicted octanol–water partition coefficient (Wildman–Crippen LogP) is -0.491. The molecule has 80 valence electrons. The highest BCUT2D eigenvalue weighted by molar-refractivity contribution is 7.89. The molecule has 0 amide bonds. The van der Waals surface area contributed by atoms with Crippen molar-refractivity contribution in [1.29, 1.82) is 5.26 Å². The number of sulfonamides is 1. The largest absolute Gasteiger partial charge is 0.326 e. The van der Waals surface area contributed by atoms with Gasteiger partial charge in [0, 0.05) is 19.1 Å². The van der Waals surface area contributed by atoms with Gasteiger partial charge in [-0.1, -0.05) is 6.92 Å². The second kappa shape index (κ2) is 4.26. The molecule has 1 saturated heterocycles. The number of nitriles is 1. The highest BCUT2D eigenvalue weighted by Crippen LogP contribution is 2.17. The molecule has 6 heteroatoms. The van der Waals surface area contributed by atoms with Crippen molar-refractivity contribution in [3.63, 3.8) is 0 Å². The molecule has 1 aliphatic rings. The monoisotopic (exact) mass is 217 g/mol. The number of nitrogens with zero attached hydrogens (tertiary/aromatic N) is 2. The molecule has 2 atom stereocenters. The molecule has 0 aromatic carbocycles. The third-order valence-electron chi connectivity index (χ3n) is 2.30. The van der Waals surface area contributed by atoms with Gasteiger partial charge in [-0.2, -0.15) is 9.57 Å². The van der Waals surface area contributed by atoms with E-state index in [1.165, 1.54) is 4.31 Å². The standard InChI is InChI=1S/C8H15N3O2S/c1-7-4-8(10)6-11(5-7)14(12,13)3-2-9/h7-8H,3-6,10H2,1H3. The molecule has 0 saturated carbocycles. The van der Waals surface area contributed by atoms with Crippen LogP contribution < -0.4 is 5.73 Å². The summed E-state index contributed by atoms with van der Waals surface area (Å²) in [4.78, 5) is 0. The van der Waals surface area contributed by atoms with Crippen molar-refractivity contribution < 1.29 is 8.42 Å². The topological polar surface area (TPSA) is 87.2 Å². The zero-order valence-corrected chi connectivity index (χ0v) is 9.00. The van der Waals surface area contributed by atoms with Gasteiger partial charge in [-0.3, -0.25) is 0 Å². The maximum Gasteiger partial charge on any atom is 0.227 e. The van der Waals surface area contributed by atoms with Crippen molar-refractivity contribution >= 4 is 10.0 Å². The van der Waals surface area contributed by atoms with Crippen LogP contribution in [0.1, 0.15) is 13.3 Å². The lowest BCUT2D eigenvalue weighted by Gasteiger charge is -2.33. The Morgan fingerprint density at radius 1 is 1.57 bits per heavy atom. The SMILES string of the molecule is CC1CC(N)CN(S(=O)(=O)CC#N)C1. The minimum Gasteiger partial charge on any atom is -0.326 e. The average Bonchev–Trinajstić information content (AvgIpc) is 2.02. The highest BCUT2D eigenvalue weighted by Gasteiger charge is 2.30. The van der Waals surface area contributed by atoms with E-state index in [0.717, 1.165) is 6.42 Å². The van der Waals surface area contributed by atoms with Gasteiger partial charge in [-0.25, -0.2) is 8.42 Å². The Bertz CT molecular complexity index is 323. The minimum atomic E-state index is -3.41. The van der Waals surface area contributed by atoms with Gasteiger partial charge in [0.05, 0.1) is 6.07 Å². The van der Waals surface area contributed by atoms with E-state index in [4.69, 9.17) is 11.0 Å². The van der Waals surface area contributed by atoms with Gasteiger partial charge in [0.1, 0.15) is 0 Å². The molecule has 0 aliphatic carbocycles. The molecule has 1 aliphatic heterocycles. The zero-order valence-electron chi connectivity index (χ0n) is 8.18. The van der Waals surface area contributed by atoms with Gasteiger partial charge in [-0.15, -0.1) is 0 Å². The van der Waals surface area contributed by atoms with Crippen LogP contribution in [0.25, 0.3) is 0 Å². The van der Waals surface area contributed by atoms with Crippen LogP contribution in [0.3, 0.4) is 0 Å². The van der Waals surface area contributed by atoms with Crippen LogP contribution >= 0.6 is 0 Å². The van der Waals surface area contributed by atoms with E-state index in [1.54, 1.807) is 6.07 Å². The zero-order chi connectivity index (χ0) is 10.8. The molecule has 5 nitrogen and oxygen atoms in total. The summed E-state index contributed by atoms with van der Waals surface area (Å²) in [6.07, 6.45) is 0.846. The highest BCUT2D eigenvalue weighted by atomic mass is 32.2. The van der Waals surface area contributed by atoms with E-state index < -0.39 is 15.8 Å². The second-order valence-electron chi connectivity index (χ2n) is 3.83. The van der Waals surface area contributed by atoms with Crippen LogP contribution in [0, 0.1) is 17.2 Å². The van der Waals surface area contributed by atoms with Gasteiger partial charge in [0.25, 0.3) is 0 Å². The smallest absolute Gasteiger partial charge is 0.227 e. The third-order valence-corrected chi connectivity index (χ3v) is 3.88. The summed E-state index contributed by atoms with van der Waals surface area (Å²) in [5.41, 5.74) is 5.72. The van der Waals surface area contributed by atoms with Crippen LogP contribution in [0.5, 0.6) is 0 Å². The van der Waals surface area contributed by atoms with Crippen LogP contribution in [-0.2, 0) is 10.0 Å². The molecular weight excluding hydrogens is 202 g/mol. The predicted molar refractivity (Wildman–Crippen MR) is 52.7 cm³/mol. The van der Waals surface area contributed by atoms with E-state index >= 15 is 0 Å². The molecular formula is C8H15N3O2S. The second-order valence-corrected chi connectivity index (χ2v) is 5.80. The summed E-state index contributed by atoms with van der Waals surface area (Å²) in [6, 6.07) is 1.56. The van der Waals surface area contributed by atoms with Crippen molar-refractivity contribution in [2.24, 2.45) is 11.7 Å². The summed E-state index contributed by atoms with van der Waals surface area (Å²) in [5, 5.41) is 8.38. The molecule has 0 spiro atoms. The maximum atomic E-state index is 11.5. The van der Waals surface area contributed by atoms with Gasteiger partial charge >= 0.3 is 0 Å². The lowest BCUT2D eigenvalue weighted by Crippen LogP contribution is -2.49. The first-order valence-electron chi connectivity index (χ1n) is 4.56. The van der Waals surface area contributed by atoms with Crippen molar-refractivity contribution in [1.82, 2.24) is 4.31 Å². The Kier molecular flexibility index (Phi) is 3.48. The molecule has 0 aromatic rings. The Morgan fingerprint density at radius 3 is 2.71 bits per heavy atom. The van der Waals surface area contributed by atoms with Crippen LogP contribution in [-0.4, -0.2) is 37.6 Å². The lowest BCUT2D eigenvalue weighted by molar-refractivity contribution is 0.255. The van der Waals surface area contributed by atoms with Gasteiger partial charge in [0.15, 0.2) is 5.75 Å².